The van der Waals surface area contributed by atoms with Crippen molar-refractivity contribution in [2.75, 3.05) is 13.2 Å². The van der Waals surface area contributed by atoms with Crippen molar-refractivity contribution in [3.63, 3.8) is 0 Å². The Kier molecular flexibility index (Phi) is 6.21. The van der Waals surface area contributed by atoms with Crippen LogP contribution >= 0.6 is 0 Å². The van der Waals surface area contributed by atoms with Crippen LogP contribution in [0.5, 0.6) is 5.75 Å². The number of ether oxygens (including phenoxy) is 1. The van der Waals surface area contributed by atoms with Crippen LogP contribution in [0.25, 0.3) is 11.0 Å². The van der Waals surface area contributed by atoms with E-state index in [0.29, 0.717) is 24.3 Å². The van der Waals surface area contributed by atoms with E-state index in [2.05, 4.69) is 6.92 Å². The van der Waals surface area contributed by atoms with Gasteiger partial charge < -0.3 is 19.2 Å². The Morgan fingerprint density at radius 1 is 1.21 bits per heavy atom. The number of aryl methyl sites for hydroxylation is 1. The Balaban J connectivity index is 1.31. The van der Waals surface area contributed by atoms with Crippen LogP contribution in [0.15, 0.2) is 27.4 Å². The molecule has 2 heterocycles. The molecule has 0 unspecified atom stereocenters. The number of carbonyl (C=O) groups is 1. The minimum atomic E-state index is -0.621. The van der Waals surface area contributed by atoms with Gasteiger partial charge in [-0.2, -0.15) is 0 Å². The van der Waals surface area contributed by atoms with Crippen LogP contribution < -0.4 is 10.4 Å². The number of amides is 1. The predicted molar refractivity (Wildman–Crippen MR) is 127 cm³/mol. The molecular formula is C27H35NO5. The molecule has 6 nitrogen and oxygen atoms in total. The molecule has 1 saturated heterocycles. The summed E-state index contributed by atoms with van der Waals surface area (Å²) in [7, 11) is 0. The molecule has 2 aromatic rings. The van der Waals surface area contributed by atoms with Gasteiger partial charge in [0.15, 0.2) is 6.61 Å². The zero-order chi connectivity index (χ0) is 23.0. The van der Waals surface area contributed by atoms with Gasteiger partial charge in [-0.15, -0.1) is 0 Å². The van der Waals surface area contributed by atoms with E-state index in [1.807, 2.05) is 17.0 Å². The average molecular weight is 454 g/mol. The Morgan fingerprint density at radius 2 is 2.06 bits per heavy atom. The van der Waals surface area contributed by atoms with Crippen molar-refractivity contribution in [3.05, 3.63) is 39.7 Å². The van der Waals surface area contributed by atoms with E-state index in [-0.39, 0.29) is 30.1 Å². The first-order chi connectivity index (χ1) is 16.0. The number of carbonyl (C=O) groups excluding carboxylic acids is 1. The molecule has 5 rings (SSSR count). The average Bonchev–Trinajstić information content (AvgIpc) is 3.31. The van der Waals surface area contributed by atoms with Crippen molar-refractivity contribution >= 4 is 16.9 Å². The maximum absolute atomic E-state index is 13.2. The molecule has 178 valence electrons. The van der Waals surface area contributed by atoms with Crippen LogP contribution in [0, 0.1) is 5.92 Å². The van der Waals surface area contributed by atoms with E-state index in [1.165, 1.54) is 0 Å². The molecular weight excluding hydrogens is 418 g/mol. The van der Waals surface area contributed by atoms with Gasteiger partial charge in [0.05, 0.1) is 5.60 Å². The fourth-order valence-corrected chi connectivity index (χ4v) is 6.47. The molecule has 3 atom stereocenters. The molecule has 1 saturated carbocycles. The van der Waals surface area contributed by atoms with Crippen LogP contribution in [0.2, 0.25) is 0 Å². The minimum absolute atomic E-state index is 0.0285. The topological polar surface area (TPSA) is 80.0 Å². The number of piperidine rings is 1. The van der Waals surface area contributed by atoms with Gasteiger partial charge >= 0.3 is 5.63 Å². The standard InChI is InChI=1S/C27H35NO5/c1-2-3-10-23-22-9-4-5-13-27(22,31)14-15-28(23)25(29)17-32-18-11-12-20-19-7-6-8-21(19)26(30)33-24(20)16-18/h11-12,16,22-23,31H,2-10,13-15,17H2,1H3/t22-,23-,27-/m0/s1. The van der Waals surface area contributed by atoms with E-state index < -0.39 is 5.60 Å². The Morgan fingerprint density at radius 3 is 2.91 bits per heavy atom. The Bertz CT molecular complexity index is 1090. The van der Waals surface area contributed by atoms with Crippen molar-refractivity contribution in [2.45, 2.75) is 89.2 Å². The second kappa shape index (κ2) is 9.13. The maximum atomic E-state index is 13.2. The zero-order valence-corrected chi connectivity index (χ0v) is 19.6. The minimum Gasteiger partial charge on any atom is -0.484 e. The van der Waals surface area contributed by atoms with E-state index in [0.717, 1.165) is 80.7 Å². The lowest BCUT2D eigenvalue weighted by Gasteiger charge is -2.52. The molecule has 0 spiro atoms. The molecule has 6 heteroatoms. The van der Waals surface area contributed by atoms with Gasteiger partial charge in [-0.3, -0.25) is 4.79 Å². The summed E-state index contributed by atoms with van der Waals surface area (Å²) in [5.74, 6) is 0.667. The highest BCUT2D eigenvalue weighted by molar-refractivity contribution is 5.83. The first-order valence-corrected chi connectivity index (χ1v) is 12.7. The molecule has 0 radical (unpaired) electrons. The summed E-state index contributed by atoms with van der Waals surface area (Å²) in [5, 5.41) is 12.2. The summed E-state index contributed by atoms with van der Waals surface area (Å²) in [5.41, 5.74) is 1.55. The molecule has 33 heavy (non-hydrogen) atoms. The van der Waals surface area contributed by atoms with E-state index >= 15 is 0 Å². The summed E-state index contributed by atoms with van der Waals surface area (Å²) in [6.45, 7) is 2.70. The smallest absolute Gasteiger partial charge is 0.339 e. The van der Waals surface area contributed by atoms with Crippen molar-refractivity contribution in [1.29, 1.82) is 0 Å². The number of aliphatic hydroxyl groups is 1. The maximum Gasteiger partial charge on any atom is 0.339 e. The highest BCUT2D eigenvalue weighted by atomic mass is 16.5. The molecule has 3 aliphatic rings. The lowest BCUT2D eigenvalue weighted by Crippen LogP contribution is -2.61. The summed E-state index contributed by atoms with van der Waals surface area (Å²) in [4.78, 5) is 27.5. The summed E-state index contributed by atoms with van der Waals surface area (Å²) < 4.78 is 11.4. The van der Waals surface area contributed by atoms with Gasteiger partial charge in [0, 0.05) is 35.5 Å². The number of nitrogens with zero attached hydrogens (tertiary/aromatic N) is 1. The molecule has 1 aromatic carbocycles. The third-order valence-corrected chi connectivity index (χ3v) is 8.20. The molecule has 1 aliphatic heterocycles. The lowest BCUT2D eigenvalue weighted by atomic mass is 9.66. The van der Waals surface area contributed by atoms with Gasteiger partial charge in [-0.25, -0.2) is 4.79 Å². The second-order valence-electron chi connectivity index (χ2n) is 10.1. The molecule has 1 amide bonds. The number of likely N-dealkylation sites (tertiary alicyclic amines) is 1. The van der Waals surface area contributed by atoms with Crippen LogP contribution in [-0.2, 0) is 17.6 Å². The summed E-state index contributed by atoms with van der Waals surface area (Å²) in [6, 6.07) is 5.61. The first-order valence-electron chi connectivity index (χ1n) is 12.7. The fraction of sp³-hybridized carbons (Fsp3) is 0.630. The number of unbranched alkanes of at least 4 members (excludes halogenated alkanes) is 1. The molecule has 2 aliphatic carbocycles. The number of hydrogen-bond acceptors (Lipinski definition) is 5. The molecule has 2 fully saturated rings. The van der Waals surface area contributed by atoms with E-state index in [4.69, 9.17) is 9.15 Å². The highest BCUT2D eigenvalue weighted by Gasteiger charge is 2.49. The van der Waals surface area contributed by atoms with E-state index in [9.17, 15) is 14.7 Å². The van der Waals surface area contributed by atoms with Crippen molar-refractivity contribution in [2.24, 2.45) is 5.92 Å². The number of fused-ring (bicyclic) bond motifs is 4. The summed E-state index contributed by atoms with van der Waals surface area (Å²) >= 11 is 0. The van der Waals surface area contributed by atoms with Crippen LogP contribution in [-0.4, -0.2) is 40.7 Å². The van der Waals surface area contributed by atoms with Crippen LogP contribution in [0.1, 0.15) is 75.8 Å². The third kappa shape index (κ3) is 4.18. The molecule has 1 N–H and O–H groups in total. The Labute approximate surface area is 194 Å². The lowest BCUT2D eigenvalue weighted by molar-refractivity contribution is -0.157. The predicted octanol–water partition coefficient (Wildman–Crippen LogP) is 4.37. The quantitative estimate of drug-likeness (QED) is 0.657. The van der Waals surface area contributed by atoms with Crippen LogP contribution in [0.3, 0.4) is 0 Å². The first kappa shape index (κ1) is 22.5. The molecule has 0 bridgehead atoms. The SMILES string of the molecule is CCCC[C@H]1[C@@H]2CCCC[C@]2(O)CCN1C(=O)COc1ccc2c3c(c(=O)oc2c1)CCC3. The molecule has 1 aromatic heterocycles. The van der Waals surface area contributed by atoms with Gasteiger partial charge in [0.1, 0.15) is 11.3 Å². The van der Waals surface area contributed by atoms with Crippen molar-refractivity contribution in [1.82, 2.24) is 4.90 Å². The van der Waals surface area contributed by atoms with Crippen LogP contribution in [0.4, 0.5) is 0 Å². The fourth-order valence-electron chi connectivity index (χ4n) is 6.47. The second-order valence-corrected chi connectivity index (χ2v) is 10.1. The number of hydrogen-bond donors (Lipinski definition) is 1. The monoisotopic (exact) mass is 453 g/mol. The number of benzene rings is 1. The Hall–Kier alpha value is -2.34. The van der Waals surface area contributed by atoms with E-state index in [1.54, 1.807) is 6.07 Å². The zero-order valence-electron chi connectivity index (χ0n) is 19.6. The number of rotatable bonds is 6. The normalized spacial score (nSPS) is 26.8. The van der Waals surface area contributed by atoms with Crippen molar-refractivity contribution < 1.29 is 19.1 Å². The van der Waals surface area contributed by atoms with Gasteiger partial charge in [-0.1, -0.05) is 32.6 Å². The van der Waals surface area contributed by atoms with Gasteiger partial charge in [0.2, 0.25) is 0 Å². The van der Waals surface area contributed by atoms with Gasteiger partial charge in [0.25, 0.3) is 5.91 Å². The van der Waals surface area contributed by atoms with Gasteiger partial charge in [-0.05, 0) is 62.6 Å². The summed E-state index contributed by atoms with van der Waals surface area (Å²) in [6.07, 6.45) is 10.4. The third-order valence-electron chi connectivity index (χ3n) is 8.20. The highest BCUT2D eigenvalue weighted by Crippen LogP contribution is 2.44. The largest absolute Gasteiger partial charge is 0.484 e. The van der Waals surface area contributed by atoms with Crippen molar-refractivity contribution in [3.8, 4) is 5.75 Å².